The van der Waals surface area contributed by atoms with Gasteiger partial charge in [0.25, 0.3) is 0 Å². The van der Waals surface area contributed by atoms with Crippen LogP contribution in [0, 0.1) is 12.8 Å². The van der Waals surface area contributed by atoms with Gasteiger partial charge in [-0.3, -0.25) is 4.68 Å². The van der Waals surface area contributed by atoms with Gasteiger partial charge in [0.05, 0.1) is 5.69 Å². The Balaban J connectivity index is 2.07. The monoisotopic (exact) mass is 285 g/mol. The standard InChI is InChI=1S/C18H27N3/c1-5-17-12-18(21(4)20-17)11-16(13-19-3)10-15-8-6-14(2)7-9-15/h6-9,12,16,19H,5,10-11,13H2,1-4H3. The number of nitrogens with one attached hydrogen (secondary N) is 1. The van der Waals surface area contributed by atoms with E-state index >= 15 is 0 Å². The predicted octanol–water partition coefficient (Wildman–Crippen LogP) is 2.91. The molecule has 0 bridgehead atoms. The van der Waals surface area contributed by atoms with E-state index in [1.165, 1.54) is 22.5 Å². The molecule has 0 amide bonds. The molecule has 114 valence electrons. The average Bonchev–Trinajstić information content (AvgIpc) is 2.82. The van der Waals surface area contributed by atoms with Gasteiger partial charge in [0.2, 0.25) is 0 Å². The van der Waals surface area contributed by atoms with Crippen molar-refractivity contribution in [2.75, 3.05) is 13.6 Å². The van der Waals surface area contributed by atoms with E-state index in [0.29, 0.717) is 5.92 Å². The van der Waals surface area contributed by atoms with Gasteiger partial charge >= 0.3 is 0 Å². The fraction of sp³-hybridized carbons (Fsp3) is 0.500. The first-order valence-corrected chi connectivity index (χ1v) is 7.84. The Morgan fingerprint density at radius 2 is 1.90 bits per heavy atom. The van der Waals surface area contributed by atoms with Gasteiger partial charge < -0.3 is 5.32 Å². The van der Waals surface area contributed by atoms with Crippen molar-refractivity contribution >= 4 is 0 Å². The van der Waals surface area contributed by atoms with Crippen molar-refractivity contribution in [3.63, 3.8) is 0 Å². The Kier molecular flexibility index (Phi) is 5.57. The van der Waals surface area contributed by atoms with Crippen molar-refractivity contribution in [2.24, 2.45) is 13.0 Å². The Morgan fingerprint density at radius 3 is 2.48 bits per heavy atom. The van der Waals surface area contributed by atoms with E-state index in [1.807, 2.05) is 11.7 Å². The molecule has 0 saturated carbocycles. The summed E-state index contributed by atoms with van der Waals surface area (Å²) in [5.74, 6) is 0.595. The van der Waals surface area contributed by atoms with Gasteiger partial charge in [0.15, 0.2) is 0 Å². The van der Waals surface area contributed by atoms with Crippen LogP contribution in [0.15, 0.2) is 30.3 Å². The third-order valence-corrected chi connectivity index (χ3v) is 4.03. The number of benzene rings is 1. The molecular formula is C18H27N3. The number of rotatable bonds is 7. The van der Waals surface area contributed by atoms with Crippen LogP contribution in [-0.2, 0) is 26.3 Å². The van der Waals surface area contributed by atoms with E-state index in [0.717, 1.165) is 25.8 Å². The first-order valence-electron chi connectivity index (χ1n) is 7.84. The number of nitrogens with zero attached hydrogens (tertiary/aromatic N) is 2. The number of aromatic nitrogens is 2. The smallest absolute Gasteiger partial charge is 0.0624 e. The predicted molar refractivity (Wildman–Crippen MR) is 88.6 cm³/mol. The zero-order valence-electron chi connectivity index (χ0n) is 13.7. The molecule has 1 aromatic carbocycles. The van der Waals surface area contributed by atoms with E-state index in [1.54, 1.807) is 0 Å². The summed E-state index contributed by atoms with van der Waals surface area (Å²) in [4.78, 5) is 0. The third-order valence-electron chi connectivity index (χ3n) is 4.03. The Bertz CT molecular complexity index is 554. The van der Waals surface area contributed by atoms with Crippen molar-refractivity contribution in [2.45, 2.75) is 33.1 Å². The normalized spacial score (nSPS) is 12.6. The van der Waals surface area contributed by atoms with Gasteiger partial charge in [-0.25, -0.2) is 0 Å². The first kappa shape index (κ1) is 15.8. The molecule has 0 aliphatic rings. The maximum absolute atomic E-state index is 4.56. The summed E-state index contributed by atoms with van der Waals surface area (Å²) >= 11 is 0. The molecular weight excluding hydrogens is 258 g/mol. The summed E-state index contributed by atoms with van der Waals surface area (Å²) in [6.07, 6.45) is 3.18. The topological polar surface area (TPSA) is 29.9 Å². The van der Waals surface area contributed by atoms with E-state index in [2.05, 4.69) is 61.6 Å². The van der Waals surface area contributed by atoms with Crippen molar-refractivity contribution < 1.29 is 0 Å². The zero-order valence-corrected chi connectivity index (χ0v) is 13.7. The highest BCUT2D eigenvalue weighted by Gasteiger charge is 2.13. The van der Waals surface area contributed by atoms with Gasteiger partial charge in [-0.2, -0.15) is 5.10 Å². The van der Waals surface area contributed by atoms with Crippen molar-refractivity contribution in [1.82, 2.24) is 15.1 Å². The van der Waals surface area contributed by atoms with Crippen LogP contribution in [0.4, 0.5) is 0 Å². The van der Waals surface area contributed by atoms with Crippen LogP contribution in [0.1, 0.15) is 29.4 Å². The second kappa shape index (κ2) is 7.41. The molecule has 0 radical (unpaired) electrons. The van der Waals surface area contributed by atoms with Gasteiger partial charge in [0, 0.05) is 12.7 Å². The number of hydrogen-bond donors (Lipinski definition) is 1. The summed E-state index contributed by atoms with van der Waals surface area (Å²) < 4.78 is 2.04. The molecule has 3 heteroatoms. The quantitative estimate of drug-likeness (QED) is 0.847. The Hall–Kier alpha value is -1.61. The van der Waals surface area contributed by atoms with E-state index < -0.39 is 0 Å². The molecule has 0 saturated heterocycles. The fourth-order valence-electron chi connectivity index (χ4n) is 2.79. The molecule has 1 heterocycles. The van der Waals surface area contributed by atoms with Gasteiger partial charge in [-0.15, -0.1) is 0 Å². The molecule has 21 heavy (non-hydrogen) atoms. The molecule has 3 nitrogen and oxygen atoms in total. The molecule has 0 aliphatic carbocycles. The summed E-state index contributed by atoms with van der Waals surface area (Å²) in [5.41, 5.74) is 5.26. The Labute approximate surface area is 128 Å². The Morgan fingerprint density at radius 1 is 1.19 bits per heavy atom. The number of hydrogen-bond acceptors (Lipinski definition) is 2. The zero-order chi connectivity index (χ0) is 15.2. The molecule has 0 spiro atoms. The van der Waals surface area contributed by atoms with E-state index in [-0.39, 0.29) is 0 Å². The van der Waals surface area contributed by atoms with Crippen LogP contribution in [0.25, 0.3) is 0 Å². The van der Waals surface area contributed by atoms with Crippen LogP contribution < -0.4 is 5.32 Å². The summed E-state index contributed by atoms with van der Waals surface area (Å²) in [6, 6.07) is 11.1. The van der Waals surface area contributed by atoms with Crippen LogP contribution >= 0.6 is 0 Å². The molecule has 1 aromatic heterocycles. The van der Waals surface area contributed by atoms with Crippen LogP contribution in [0.5, 0.6) is 0 Å². The number of aryl methyl sites for hydroxylation is 3. The van der Waals surface area contributed by atoms with Crippen LogP contribution in [-0.4, -0.2) is 23.4 Å². The lowest BCUT2D eigenvalue weighted by Gasteiger charge is -2.17. The summed E-state index contributed by atoms with van der Waals surface area (Å²) in [7, 11) is 4.08. The van der Waals surface area contributed by atoms with Gasteiger partial charge in [0.1, 0.15) is 0 Å². The minimum atomic E-state index is 0.595. The SMILES string of the molecule is CCc1cc(CC(CNC)Cc2ccc(C)cc2)n(C)n1. The van der Waals surface area contributed by atoms with Crippen molar-refractivity contribution in [3.05, 3.63) is 52.8 Å². The van der Waals surface area contributed by atoms with Gasteiger partial charge in [-0.1, -0.05) is 36.8 Å². The maximum Gasteiger partial charge on any atom is 0.0624 e. The molecule has 0 aliphatic heterocycles. The minimum Gasteiger partial charge on any atom is -0.319 e. The van der Waals surface area contributed by atoms with E-state index in [9.17, 15) is 0 Å². The minimum absolute atomic E-state index is 0.595. The third kappa shape index (κ3) is 4.43. The lowest BCUT2D eigenvalue weighted by Crippen LogP contribution is -2.23. The highest BCUT2D eigenvalue weighted by molar-refractivity contribution is 5.22. The molecule has 2 aromatic rings. The lowest BCUT2D eigenvalue weighted by molar-refractivity contribution is 0.477. The maximum atomic E-state index is 4.56. The molecule has 1 atom stereocenters. The van der Waals surface area contributed by atoms with Gasteiger partial charge in [-0.05, 0) is 57.3 Å². The highest BCUT2D eigenvalue weighted by atomic mass is 15.3. The average molecular weight is 285 g/mol. The fourth-order valence-corrected chi connectivity index (χ4v) is 2.79. The summed E-state index contributed by atoms with van der Waals surface area (Å²) in [5, 5.41) is 7.89. The van der Waals surface area contributed by atoms with Crippen molar-refractivity contribution in [3.8, 4) is 0 Å². The first-order chi connectivity index (χ1) is 10.1. The molecule has 2 rings (SSSR count). The van der Waals surface area contributed by atoms with Crippen molar-refractivity contribution in [1.29, 1.82) is 0 Å². The largest absolute Gasteiger partial charge is 0.319 e. The van der Waals surface area contributed by atoms with Crippen LogP contribution in [0.3, 0.4) is 0 Å². The molecule has 1 unspecified atom stereocenters. The highest BCUT2D eigenvalue weighted by Crippen LogP contribution is 2.16. The molecule has 0 fully saturated rings. The lowest BCUT2D eigenvalue weighted by atomic mass is 9.94. The molecule has 1 N–H and O–H groups in total. The van der Waals surface area contributed by atoms with Crippen LogP contribution in [0.2, 0.25) is 0 Å². The van der Waals surface area contributed by atoms with E-state index in [4.69, 9.17) is 0 Å². The second-order valence-electron chi connectivity index (χ2n) is 5.92. The second-order valence-corrected chi connectivity index (χ2v) is 5.92. The summed E-state index contributed by atoms with van der Waals surface area (Å²) in [6.45, 7) is 5.32.